The van der Waals surface area contributed by atoms with Crippen molar-refractivity contribution in [2.75, 3.05) is 13.1 Å². The molecule has 6 aromatic rings. The molecule has 7 rings (SSSR count). The molecule has 0 bridgehead atoms. The van der Waals surface area contributed by atoms with Crippen molar-refractivity contribution < 1.29 is 9.18 Å². The molecule has 0 aliphatic carbocycles. The molecule has 1 aromatic carbocycles. The fourth-order valence-corrected chi connectivity index (χ4v) is 6.19. The van der Waals surface area contributed by atoms with E-state index in [1.807, 2.05) is 30.5 Å². The van der Waals surface area contributed by atoms with Crippen molar-refractivity contribution in [3.63, 3.8) is 0 Å². The fourth-order valence-electron chi connectivity index (χ4n) is 5.26. The molecule has 0 unspecified atom stereocenters. The monoisotopic (exact) mass is 537 g/mol. The number of carbonyl (C=O) groups excluding carboxylic acids is 1. The van der Waals surface area contributed by atoms with E-state index in [9.17, 15) is 4.79 Å². The number of Topliss-reactive ketones (excluding diaryl/α,β-unsaturated/α-hetero) is 1. The van der Waals surface area contributed by atoms with Crippen LogP contribution in [0.1, 0.15) is 35.0 Å². The first-order chi connectivity index (χ1) is 19.0. The van der Waals surface area contributed by atoms with Crippen molar-refractivity contribution in [3.8, 4) is 33.1 Å². The molecule has 1 saturated heterocycles. The van der Waals surface area contributed by atoms with E-state index in [1.165, 1.54) is 30.2 Å². The van der Waals surface area contributed by atoms with Crippen LogP contribution in [0.15, 0.2) is 55.0 Å². The van der Waals surface area contributed by atoms with Crippen molar-refractivity contribution in [3.05, 3.63) is 71.2 Å². The van der Waals surface area contributed by atoms with E-state index < -0.39 is 0 Å². The van der Waals surface area contributed by atoms with Crippen molar-refractivity contribution >= 4 is 39.2 Å². The Bertz CT molecular complexity index is 1860. The van der Waals surface area contributed by atoms with Gasteiger partial charge in [0.1, 0.15) is 11.5 Å². The first-order valence-electron chi connectivity index (χ1n) is 12.8. The molecule has 5 aromatic heterocycles. The van der Waals surface area contributed by atoms with Crippen LogP contribution in [0, 0.1) is 5.82 Å². The molecule has 0 atom stereocenters. The molecular formula is C29H24FN7OS. The number of hydrogen-bond acceptors (Lipinski definition) is 7. The van der Waals surface area contributed by atoms with Crippen LogP contribution >= 0.6 is 11.3 Å². The summed E-state index contributed by atoms with van der Waals surface area (Å²) >= 11 is 1.43. The van der Waals surface area contributed by atoms with E-state index in [4.69, 9.17) is 4.98 Å². The largest absolute Gasteiger partial charge is 0.335 e. The maximum Gasteiger partial charge on any atom is 0.178 e. The number of aromatic amines is 2. The Hall–Kier alpha value is -4.28. The van der Waals surface area contributed by atoms with Crippen molar-refractivity contribution in [1.82, 2.24) is 35.0 Å². The predicted octanol–water partition coefficient (Wildman–Crippen LogP) is 6.23. The number of imidazole rings is 1. The van der Waals surface area contributed by atoms with Gasteiger partial charge in [0.05, 0.1) is 15.9 Å². The normalized spacial score (nSPS) is 14.1. The summed E-state index contributed by atoms with van der Waals surface area (Å²) in [6, 6.07) is 11.0. The highest BCUT2D eigenvalue weighted by molar-refractivity contribution is 7.17. The van der Waals surface area contributed by atoms with Crippen LogP contribution in [0.4, 0.5) is 4.39 Å². The summed E-state index contributed by atoms with van der Waals surface area (Å²) in [7, 11) is 0. The second-order valence-corrected chi connectivity index (χ2v) is 11.0. The molecule has 0 spiro atoms. The van der Waals surface area contributed by atoms with Gasteiger partial charge in [-0.05, 0) is 68.8 Å². The topological polar surface area (TPSA) is 103 Å². The van der Waals surface area contributed by atoms with Crippen molar-refractivity contribution in [2.24, 2.45) is 0 Å². The Balaban J connectivity index is 1.29. The Morgan fingerprint density at radius 3 is 2.79 bits per heavy atom. The van der Waals surface area contributed by atoms with Crippen LogP contribution in [0.2, 0.25) is 0 Å². The minimum atomic E-state index is -0.342. The van der Waals surface area contributed by atoms with Crippen LogP contribution in [0.25, 0.3) is 55.2 Å². The Kier molecular flexibility index (Phi) is 5.79. The number of pyridine rings is 2. The van der Waals surface area contributed by atoms with Crippen molar-refractivity contribution in [2.45, 2.75) is 26.3 Å². The number of nitrogens with one attached hydrogen (secondary N) is 2. The number of nitrogens with zero attached hydrogens (tertiary/aromatic N) is 5. The molecule has 8 nitrogen and oxygen atoms in total. The quantitative estimate of drug-likeness (QED) is 0.244. The maximum absolute atomic E-state index is 15.3. The third-order valence-electron chi connectivity index (χ3n) is 7.20. The molecule has 0 saturated carbocycles. The van der Waals surface area contributed by atoms with Gasteiger partial charge in [-0.2, -0.15) is 5.10 Å². The lowest BCUT2D eigenvalue weighted by atomic mass is 10.0. The first kappa shape index (κ1) is 23.8. The number of H-pyrrole nitrogens is 2. The van der Waals surface area contributed by atoms with Gasteiger partial charge in [0, 0.05) is 58.2 Å². The van der Waals surface area contributed by atoms with E-state index in [2.05, 4.69) is 30.0 Å². The van der Waals surface area contributed by atoms with Crippen LogP contribution in [0.5, 0.6) is 0 Å². The average molecular weight is 538 g/mol. The second kappa shape index (κ2) is 9.48. The summed E-state index contributed by atoms with van der Waals surface area (Å²) in [6.45, 7) is 4.54. The molecule has 1 aliphatic rings. The molecule has 1 aliphatic heterocycles. The minimum Gasteiger partial charge on any atom is -0.335 e. The molecule has 39 heavy (non-hydrogen) atoms. The lowest BCUT2D eigenvalue weighted by Gasteiger charge is -2.15. The average Bonchev–Trinajstić information content (AvgIpc) is 3.74. The van der Waals surface area contributed by atoms with E-state index in [1.54, 1.807) is 25.4 Å². The summed E-state index contributed by atoms with van der Waals surface area (Å²) < 4.78 is 15.3. The zero-order valence-electron chi connectivity index (χ0n) is 21.2. The summed E-state index contributed by atoms with van der Waals surface area (Å²) in [5.41, 5.74) is 5.61. The van der Waals surface area contributed by atoms with E-state index >= 15 is 4.39 Å². The smallest absolute Gasteiger partial charge is 0.178 e. The van der Waals surface area contributed by atoms with E-state index in [-0.39, 0.29) is 11.6 Å². The number of fused-ring (bicyclic) bond motifs is 2. The molecule has 0 radical (unpaired) electrons. The standard InChI is InChI=1S/C29H24FN7OS/c1-16(38)24-4-5-25(39-24)19-6-7-32-28-26(19)33-29(34-28)27-21-11-20(22(30)12-23(21)35-36-27)18-10-17(13-31-14-18)15-37-8-2-3-9-37/h4-7,10-14H,2-3,8-9,15H2,1H3,(H,35,36)(H,32,33,34). The van der Waals surface area contributed by atoms with Crippen LogP contribution in [-0.4, -0.2) is 53.9 Å². The SMILES string of the molecule is CC(=O)c1ccc(-c2ccnc3nc(-c4n[nH]c5cc(F)c(-c6cncc(CN7CCCC7)c6)cc45)[nH]c23)s1. The molecular weight excluding hydrogens is 513 g/mol. The van der Waals surface area contributed by atoms with Crippen LogP contribution in [-0.2, 0) is 6.54 Å². The number of carbonyl (C=O) groups is 1. The predicted molar refractivity (Wildman–Crippen MR) is 150 cm³/mol. The van der Waals surface area contributed by atoms with Gasteiger partial charge < -0.3 is 4.98 Å². The highest BCUT2D eigenvalue weighted by atomic mass is 32.1. The van der Waals surface area contributed by atoms with Gasteiger partial charge in [-0.15, -0.1) is 11.3 Å². The van der Waals surface area contributed by atoms with E-state index in [0.29, 0.717) is 33.1 Å². The zero-order valence-corrected chi connectivity index (χ0v) is 22.0. The van der Waals surface area contributed by atoms with Crippen LogP contribution in [0.3, 0.4) is 0 Å². The highest BCUT2D eigenvalue weighted by Gasteiger charge is 2.19. The number of halogens is 1. The van der Waals surface area contributed by atoms with Gasteiger partial charge in [0.15, 0.2) is 17.3 Å². The molecule has 1 fully saturated rings. The second-order valence-electron chi connectivity index (χ2n) is 9.88. The van der Waals surface area contributed by atoms with Gasteiger partial charge in [0.2, 0.25) is 0 Å². The molecule has 10 heteroatoms. The van der Waals surface area contributed by atoms with Crippen molar-refractivity contribution in [1.29, 1.82) is 0 Å². The van der Waals surface area contributed by atoms with Crippen LogP contribution < -0.4 is 0 Å². The summed E-state index contributed by atoms with van der Waals surface area (Å²) in [6.07, 6.45) is 7.69. The number of thiophene rings is 1. The summed E-state index contributed by atoms with van der Waals surface area (Å²) in [5, 5.41) is 8.16. The van der Waals surface area contributed by atoms with Gasteiger partial charge >= 0.3 is 0 Å². The lowest BCUT2D eigenvalue weighted by molar-refractivity contribution is 0.102. The van der Waals surface area contributed by atoms with Gasteiger partial charge in [-0.25, -0.2) is 14.4 Å². The first-order valence-corrected chi connectivity index (χ1v) is 13.7. The molecule has 2 N–H and O–H groups in total. The number of rotatable bonds is 6. The van der Waals surface area contributed by atoms with E-state index in [0.717, 1.165) is 52.1 Å². The summed E-state index contributed by atoms with van der Waals surface area (Å²) in [4.78, 5) is 32.8. The number of aromatic nitrogens is 6. The zero-order chi connectivity index (χ0) is 26.5. The van der Waals surface area contributed by atoms with Gasteiger partial charge in [-0.1, -0.05) is 0 Å². The summed E-state index contributed by atoms with van der Waals surface area (Å²) in [5.74, 6) is 0.216. The van der Waals surface area contributed by atoms with Gasteiger partial charge in [-0.3, -0.25) is 19.8 Å². The Labute approximate surface area is 227 Å². The number of ketones is 1. The highest BCUT2D eigenvalue weighted by Crippen LogP contribution is 2.36. The van der Waals surface area contributed by atoms with Gasteiger partial charge in [0.25, 0.3) is 0 Å². The number of likely N-dealkylation sites (tertiary alicyclic amines) is 1. The third kappa shape index (κ3) is 4.31. The lowest BCUT2D eigenvalue weighted by Crippen LogP contribution is -2.18. The Morgan fingerprint density at radius 2 is 1.97 bits per heavy atom. The Morgan fingerprint density at radius 1 is 1.10 bits per heavy atom. The molecule has 0 amide bonds. The number of hydrogen-bond donors (Lipinski definition) is 2. The fraction of sp³-hybridized carbons (Fsp3) is 0.207. The maximum atomic E-state index is 15.3. The molecule has 194 valence electrons. The number of benzene rings is 1. The third-order valence-corrected chi connectivity index (χ3v) is 8.42. The molecule has 6 heterocycles. The minimum absolute atomic E-state index is 0.0321.